The number of benzene rings is 2. The molecular formula is C15H12BrFO2. The molecule has 4 heteroatoms. The smallest absolute Gasteiger partial charge is 0.161 e. The van der Waals surface area contributed by atoms with Crippen LogP contribution in [0.5, 0.6) is 11.5 Å². The lowest BCUT2D eigenvalue weighted by Gasteiger charge is -2.20. The van der Waals surface area contributed by atoms with Gasteiger partial charge < -0.3 is 9.47 Å². The summed E-state index contributed by atoms with van der Waals surface area (Å²) in [6.07, 6.45) is 0. The van der Waals surface area contributed by atoms with Gasteiger partial charge in [-0.2, -0.15) is 0 Å². The third-order valence-electron chi connectivity index (χ3n) is 3.04. The minimum atomic E-state index is -0.223. The number of hydrogen-bond acceptors (Lipinski definition) is 2. The average Bonchev–Trinajstić information content (AvgIpc) is 2.46. The molecule has 1 unspecified atom stereocenters. The molecule has 0 saturated carbocycles. The summed E-state index contributed by atoms with van der Waals surface area (Å²) in [5, 5.41) is 0. The molecule has 0 aromatic heterocycles. The van der Waals surface area contributed by atoms with Crippen LogP contribution in [-0.2, 0) is 0 Å². The first-order chi connectivity index (χ1) is 9.25. The molecule has 0 amide bonds. The third-order valence-corrected chi connectivity index (χ3v) is 4.06. The van der Waals surface area contributed by atoms with Gasteiger partial charge >= 0.3 is 0 Å². The van der Waals surface area contributed by atoms with Crippen LogP contribution in [0.1, 0.15) is 16.0 Å². The maximum absolute atomic E-state index is 13.8. The largest absolute Gasteiger partial charge is 0.486 e. The Morgan fingerprint density at radius 1 is 1.00 bits per heavy atom. The molecule has 2 nitrogen and oxygen atoms in total. The van der Waals surface area contributed by atoms with Crippen LogP contribution in [0.2, 0.25) is 0 Å². The van der Waals surface area contributed by atoms with E-state index in [4.69, 9.17) is 9.47 Å². The van der Waals surface area contributed by atoms with E-state index in [0.717, 1.165) is 11.3 Å². The lowest BCUT2D eigenvalue weighted by molar-refractivity contribution is 0.171. The van der Waals surface area contributed by atoms with Gasteiger partial charge in [0.1, 0.15) is 19.0 Å². The summed E-state index contributed by atoms with van der Waals surface area (Å²) >= 11 is 3.54. The molecule has 0 fully saturated rings. The van der Waals surface area contributed by atoms with Gasteiger partial charge in [-0.1, -0.05) is 40.2 Å². The normalized spacial score (nSPS) is 15.1. The molecule has 2 aromatic rings. The Balaban J connectivity index is 1.96. The van der Waals surface area contributed by atoms with E-state index in [9.17, 15) is 4.39 Å². The van der Waals surface area contributed by atoms with Gasteiger partial charge in [0.25, 0.3) is 0 Å². The molecule has 0 bridgehead atoms. The van der Waals surface area contributed by atoms with Gasteiger partial charge in [0.05, 0.1) is 4.83 Å². The summed E-state index contributed by atoms with van der Waals surface area (Å²) in [6, 6.07) is 12.4. The van der Waals surface area contributed by atoms with Crippen molar-refractivity contribution in [3.05, 3.63) is 59.4 Å². The number of fused-ring (bicyclic) bond motifs is 1. The lowest BCUT2D eigenvalue weighted by Crippen LogP contribution is -2.15. The fourth-order valence-corrected chi connectivity index (χ4v) is 2.73. The SMILES string of the molecule is Fc1ccccc1C(Br)c1ccc2c(c1)OCCO2. The molecule has 0 radical (unpaired) electrons. The second kappa shape index (κ2) is 5.21. The zero-order valence-corrected chi connectivity index (χ0v) is 11.7. The Labute approximate surface area is 119 Å². The Hall–Kier alpha value is -1.55. The molecule has 0 N–H and O–H groups in total. The second-order valence-electron chi connectivity index (χ2n) is 4.29. The van der Waals surface area contributed by atoms with E-state index in [1.54, 1.807) is 12.1 Å². The fraction of sp³-hybridized carbons (Fsp3) is 0.200. The third kappa shape index (κ3) is 2.45. The highest BCUT2D eigenvalue weighted by molar-refractivity contribution is 9.09. The van der Waals surface area contributed by atoms with Crippen LogP contribution < -0.4 is 9.47 Å². The number of ether oxygens (including phenoxy) is 2. The van der Waals surface area contributed by atoms with E-state index in [1.165, 1.54) is 6.07 Å². The summed E-state index contributed by atoms with van der Waals surface area (Å²) in [4.78, 5) is -0.204. The number of alkyl halides is 1. The van der Waals surface area contributed by atoms with E-state index in [0.29, 0.717) is 24.5 Å². The highest BCUT2D eigenvalue weighted by Gasteiger charge is 2.18. The molecule has 0 aliphatic carbocycles. The number of hydrogen-bond donors (Lipinski definition) is 0. The molecule has 1 aliphatic rings. The second-order valence-corrected chi connectivity index (χ2v) is 5.20. The van der Waals surface area contributed by atoms with Crippen molar-refractivity contribution in [2.45, 2.75) is 4.83 Å². The molecular weight excluding hydrogens is 311 g/mol. The van der Waals surface area contributed by atoms with E-state index in [-0.39, 0.29) is 10.6 Å². The average molecular weight is 323 g/mol. The molecule has 98 valence electrons. The number of halogens is 2. The Bertz CT molecular complexity index is 600. The summed E-state index contributed by atoms with van der Waals surface area (Å²) in [6.45, 7) is 1.11. The maximum atomic E-state index is 13.8. The van der Waals surface area contributed by atoms with Crippen LogP contribution in [-0.4, -0.2) is 13.2 Å². The molecule has 1 atom stereocenters. The van der Waals surface area contributed by atoms with Crippen molar-refractivity contribution in [2.24, 2.45) is 0 Å². The van der Waals surface area contributed by atoms with Crippen molar-refractivity contribution < 1.29 is 13.9 Å². The van der Waals surface area contributed by atoms with E-state index >= 15 is 0 Å². The fourth-order valence-electron chi connectivity index (χ4n) is 2.08. The molecule has 1 heterocycles. The standard InChI is InChI=1S/C15H12BrFO2/c16-15(11-3-1-2-4-12(11)17)10-5-6-13-14(9-10)19-8-7-18-13/h1-6,9,15H,7-8H2. The van der Waals surface area contributed by atoms with E-state index in [1.807, 2.05) is 24.3 Å². The quantitative estimate of drug-likeness (QED) is 0.775. The van der Waals surface area contributed by atoms with Crippen LogP contribution in [0.25, 0.3) is 0 Å². The van der Waals surface area contributed by atoms with Crippen LogP contribution in [0.15, 0.2) is 42.5 Å². The van der Waals surface area contributed by atoms with E-state index in [2.05, 4.69) is 15.9 Å². The van der Waals surface area contributed by atoms with Crippen LogP contribution >= 0.6 is 15.9 Å². The minimum absolute atomic E-state index is 0.204. The first-order valence-electron chi connectivity index (χ1n) is 6.04. The molecule has 0 saturated heterocycles. The summed E-state index contributed by atoms with van der Waals surface area (Å²) in [7, 11) is 0. The molecule has 19 heavy (non-hydrogen) atoms. The van der Waals surface area contributed by atoms with Crippen molar-refractivity contribution in [2.75, 3.05) is 13.2 Å². The molecule has 3 rings (SSSR count). The molecule has 1 aliphatic heterocycles. The predicted molar refractivity (Wildman–Crippen MR) is 74.6 cm³/mol. The Morgan fingerprint density at radius 3 is 2.53 bits per heavy atom. The van der Waals surface area contributed by atoms with Gasteiger partial charge in [-0.15, -0.1) is 0 Å². The Morgan fingerprint density at radius 2 is 1.74 bits per heavy atom. The maximum Gasteiger partial charge on any atom is 0.161 e. The van der Waals surface area contributed by atoms with Gasteiger partial charge in [-0.25, -0.2) is 4.39 Å². The monoisotopic (exact) mass is 322 g/mol. The topological polar surface area (TPSA) is 18.5 Å². The Kier molecular flexibility index (Phi) is 3.42. The predicted octanol–water partition coefficient (Wildman–Crippen LogP) is 4.08. The van der Waals surface area contributed by atoms with Crippen molar-refractivity contribution in [1.82, 2.24) is 0 Å². The first kappa shape index (κ1) is 12.5. The number of rotatable bonds is 2. The van der Waals surface area contributed by atoms with Gasteiger partial charge in [-0.05, 0) is 23.8 Å². The zero-order chi connectivity index (χ0) is 13.2. The van der Waals surface area contributed by atoms with Crippen LogP contribution in [0.3, 0.4) is 0 Å². The van der Waals surface area contributed by atoms with Gasteiger partial charge in [-0.3, -0.25) is 0 Å². The highest BCUT2D eigenvalue weighted by atomic mass is 79.9. The van der Waals surface area contributed by atoms with Gasteiger partial charge in [0.2, 0.25) is 0 Å². The van der Waals surface area contributed by atoms with Crippen molar-refractivity contribution in [3.8, 4) is 11.5 Å². The van der Waals surface area contributed by atoms with Crippen LogP contribution in [0.4, 0.5) is 4.39 Å². The first-order valence-corrected chi connectivity index (χ1v) is 6.95. The summed E-state index contributed by atoms with van der Waals surface area (Å²) in [5.74, 6) is 1.23. The van der Waals surface area contributed by atoms with Crippen molar-refractivity contribution in [3.63, 3.8) is 0 Å². The van der Waals surface area contributed by atoms with Gasteiger partial charge in [0, 0.05) is 5.56 Å². The highest BCUT2D eigenvalue weighted by Crippen LogP contribution is 2.38. The van der Waals surface area contributed by atoms with Gasteiger partial charge in [0.15, 0.2) is 11.5 Å². The summed E-state index contributed by atoms with van der Waals surface area (Å²) in [5.41, 5.74) is 1.55. The molecule has 2 aromatic carbocycles. The summed E-state index contributed by atoms with van der Waals surface area (Å²) < 4.78 is 24.8. The minimum Gasteiger partial charge on any atom is -0.486 e. The van der Waals surface area contributed by atoms with E-state index < -0.39 is 0 Å². The zero-order valence-electron chi connectivity index (χ0n) is 10.1. The van der Waals surface area contributed by atoms with Crippen molar-refractivity contribution in [1.29, 1.82) is 0 Å². The lowest BCUT2D eigenvalue weighted by atomic mass is 10.0. The van der Waals surface area contributed by atoms with Crippen molar-refractivity contribution >= 4 is 15.9 Å². The molecule has 0 spiro atoms. The van der Waals surface area contributed by atoms with Crippen LogP contribution in [0, 0.1) is 5.82 Å².